The highest BCUT2D eigenvalue weighted by atomic mass is 16.4. The maximum Gasteiger partial charge on any atom is 0.326 e. The Morgan fingerprint density at radius 1 is 0.861 bits per heavy atom. The first-order valence-corrected chi connectivity index (χ1v) is 13.1. The normalized spacial score (nSPS) is 13.3. The lowest BCUT2D eigenvalue weighted by molar-refractivity contribution is -0.139. The molecule has 0 aromatic carbocycles. The number of aldehydes is 1. The van der Waals surface area contributed by atoms with Crippen LogP contribution in [-0.4, -0.2) is 70.2 Å². The Morgan fingerprint density at radius 2 is 1.47 bits per heavy atom. The van der Waals surface area contributed by atoms with Gasteiger partial charge in [-0.15, -0.1) is 0 Å². The Morgan fingerprint density at radius 3 is 2.00 bits per heavy atom. The van der Waals surface area contributed by atoms with Crippen molar-refractivity contribution in [1.82, 2.24) is 16.0 Å². The molecule has 11 heteroatoms. The molecule has 2 atom stereocenters. The molecule has 0 aliphatic rings. The van der Waals surface area contributed by atoms with E-state index in [1.807, 2.05) is 0 Å². The molecule has 0 saturated heterocycles. The lowest BCUT2D eigenvalue weighted by atomic mass is 9.96. The number of rotatable bonds is 23. The summed E-state index contributed by atoms with van der Waals surface area (Å²) in [6.07, 6.45) is 11.6. The summed E-state index contributed by atoms with van der Waals surface area (Å²) < 4.78 is 0. The fourth-order valence-electron chi connectivity index (χ4n) is 3.70. The molecule has 0 aromatic heterocycles. The topological polar surface area (TPSA) is 182 Å². The first kappa shape index (κ1) is 33.3. The number of carboxylic acids is 2. The Balaban J connectivity index is 4.14. The van der Waals surface area contributed by atoms with Crippen LogP contribution in [0.4, 0.5) is 4.79 Å². The minimum absolute atomic E-state index is 0.0270. The standard InChI is InChI=1S/C25H45N3O8/c1-2-3-4-5-6-7-8-9-10-14-21(31)26-17-12-11-13-20(23(34)35)27-24(36)28-25(18-29,19-30)16-15-22(32)33/h18,20,30H,2-17,19H2,1H3,(H,26,31)(H,32,33)(H,34,35)(H2,27,28,36)/t20-,25-/m0/s1. The predicted octanol–water partition coefficient (Wildman–Crippen LogP) is 2.74. The monoisotopic (exact) mass is 515 g/mol. The van der Waals surface area contributed by atoms with Crippen LogP contribution < -0.4 is 16.0 Å². The second-order valence-corrected chi connectivity index (χ2v) is 9.24. The summed E-state index contributed by atoms with van der Waals surface area (Å²) in [6.45, 7) is 1.78. The van der Waals surface area contributed by atoms with Crippen LogP contribution in [0.5, 0.6) is 0 Å². The Hall–Kier alpha value is -2.69. The number of aliphatic hydroxyl groups excluding tert-OH is 1. The molecular weight excluding hydrogens is 470 g/mol. The fourth-order valence-corrected chi connectivity index (χ4v) is 3.70. The zero-order chi connectivity index (χ0) is 27.2. The van der Waals surface area contributed by atoms with Gasteiger partial charge in [0.25, 0.3) is 0 Å². The maximum atomic E-state index is 12.2. The van der Waals surface area contributed by atoms with Gasteiger partial charge in [-0.1, -0.05) is 58.3 Å². The summed E-state index contributed by atoms with van der Waals surface area (Å²) in [7, 11) is 0. The van der Waals surface area contributed by atoms with Crippen molar-refractivity contribution in [2.24, 2.45) is 0 Å². The van der Waals surface area contributed by atoms with E-state index in [1.165, 1.54) is 38.5 Å². The summed E-state index contributed by atoms with van der Waals surface area (Å²) in [5, 5.41) is 34.8. The van der Waals surface area contributed by atoms with Crippen molar-refractivity contribution in [2.45, 2.75) is 115 Å². The van der Waals surface area contributed by atoms with Crippen molar-refractivity contribution in [3.63, 3.8) is 0 Å². The lowest BCUT2D eigenvalue weighted by Crippen LogP contribution is -2.58. The van der Waals surface area contributed by atoms with Crippen LogP contribution in [0.1, 0.15) is 103 Å². The smallest absolute Gasteiger partial charge is 0.326 e. The number of hydrogen-bond acceptors (Lipinski definition) is 6. The molecule has 0 aliphatic heterocycles. The molecule has 0 radical (unpaired) electrons. The van der Waals surface area contributed by atoms with E-state index in [9.17, 15) is 34.2 Å². The second-order valence-electron chi connectivity index (χ2n) is 9.24. The highest BCUT2D eigenvalue weighted by molar-refractivity contribution is 5.85. The number of hydrogen-bond donors (Lipinski definition) is 6. The minimum Gasteiger partial charge on any atom is -0.481 e. The van der Waals surface area contributed by atoms with E-state index in [0.29, 0.717) is 25.8 Å². The summed E-state index contributed by atoms with van der Waals surface area (Å²) in [6, 6.07) is -2.24. The van der Waals surface area contributed by atoms with E-state index in [-0.39, 0.29) is 25.0 Å². The van der Waals surface area contributed by atoms with E-state index in [0.717, 1.165) is 19.3 Å². The van der Waals surface area contributed by atoms with Gasteiger partial charge in [0, 0.05) is 19.4 Å². The molecule has 3 amide bonds. The molecule has 0 spiro atoms. The highest BCUT2D eigenvalue weighted by Crippen LogP contribution is 2.12. The van der Waals surface area contributed by atoms with Gasteiger partial charge in [-0.2, -0.15) is 0 Å². The first-order valence-electron chi connectivity index (χ1n) is 13.1. The zero-order valence-electron chi connectivity index (χ0n) is 21.6. The third-order valence-corrected chi connectivity index (χ3v) is 6.01. The molecule has 6 N–H and O–H groups in total. The van der Waals surface area contributed by atoms with Crippen LogP contribution in [0.15, 0.2) is 0 Å². The van der Waals surface area contributed by atoms with Crippen molar-refractivity contribution >= 4 is 30.2 Å². The lowest BCUT2D eigenvalue weighted by Gasteiger charge is -2.27. The van der Waals surface area contributed by atoms with E-state index < -0.39 is 42.6 Å². The van der Waals surface area contributed by atoms with Gasteiger partial charge in [0.2, 0.25) is 5.91 Å². The Kier molecular flexibility index (Phi) is 19.0. The van der Waals surface area contributed by atoms with Crippen molar-refractivity contribution in [1.29, 1.82) is 0 Å². The molecule has 0 unspecified atom stereocenters. The quantitative estimate of drug-likeness (QED) is 0.0886. The number of aliphatic hydroxyl groups is 1. The molecule has 0 fully saturated rings. The average Bonchev–Trinajstić information content (AvgIpc) is 2.84. The number of carbonyl (C=O) groups excluding carboxylic acids is 3. The van der Waals surface area contributed by atoms with Gasteiger partial charge in [-0.05, 0) is 32.1 Å². The van der Waals surface area contributed by atoms with Crippen molar-refractivity contribution in [2.75, 3.05) is 13.2 Å². The van der Waals surface area contributed by atoms with Crippen LogP contribution in [0.25, 0.3) is 0 Å². The number of urea groups is 1. The summed E-state index contributed by atoms with van der Waals surface area (Å²) in [5.74, 6) is -2.51. The van der Waals surface area contributed by atoms with Crippen molar-refractivity contribution in [3.8, 4) is 0 Å². The Bertz CT molecular complexity index is 674. The van der Waals surface area contributed by atoms with Crippen molar-refractivity contribution < 1.29 is 39.3 Å². The zero-order valence-corrected chi connectivity index (χ0v) is 21.6. The number of carboxylic acid groups (broad SMARTS) is 2. The third-order valence-electron chi connectivity index (χ3n) is 6.01. The maximum absolute atomic E-state index is 12.2. The van der Waals surface area contributed by atoms with E-state index in [4.69, 9.17) is 5.11 Å². The minimum atomic E-state index is -1.82. The van der Waals surface area contributed by atoms with Crippen LogP contribution in [-0.2, 0) is 19.2 Å². The van der Waals surface area contributed by atoms with Gasteiger partial charge < -0.3 is 36.1 Å². The largest absolute Gasteiger partial charge is 0.481 e. The molecule has 0 aromatic rings. The Labute approximate surface area is 213 Å². The first-order chi connectivity index (χ1) is 17.2. The van der Waals surface area contributed by atoms with Gasteiger partial charge in [-0.3, -0.25) is 9.59 Å². The van der Waals surface area contributed by atoms with E-state index in [2.05, 4.69) is 22.9 Å². The molecule has 0 aliphatic carbocycles. The third kappa shape index (κ3) is 16.9. The number of aliphatic carboxylic acids is 2. The molecule has 208 valence electrons. The highest BCUT2D eigenvalue weighted by Gasteiger charge is 2.33. The summed E-state index contributed by atoms with van der Waals surface area (Å²) in [4.78, 5) is 57.7. The van der Waals surface area contributed by atoms with Crippen LogP contribution >= 0.6 is 0 Å². The molecule has 0 bridgehead atoms. The molecule has 11 nitrogen and oxygen atoms in total. The SMILES string of the molecule is CCCCCCCCCCCC(=O)NCCCC[C@H](NC(=O)N[C@@](C=O)(CO)CCC(=O)O)C(=O)O. The van der Waals surface area contributed by atoms with Crippen molar-refractivity contribution in [3.05, 3.63) is 0 Å². The van der Waals surface area contributed by atoms with Gasteiger partial charge in [0.1, 0.15) is 17.9 Å². The van der Waals surface area contributed by atoms with Gasteiger partial charge >= 0.3 is 18.0 Å². The van der Waals surface area contributed by atoms with Gasteiger partial charge in [0.05, 0.1) is 6.61 Å². The molecule has 0 rings (SSSR count). The van der Waals surface area contributed by atoms with Gasteiger partial charge in [0.15, 0.2) is 0 Å². The second kappa shape index (κ2) is 20.5. The molecule has 0 saturated carbocycles. The molecule has 36 heavy (non-hydrogen) atoms. The number of unbranched alkanes of at least 4 members (excludes halogenated alkanes) is 9. The average molecular weight is 516 g/mol. The van der Waals surface area contributed by atoms with Crippen LogP contribution in [0.2, 0.25) is 0 Å². The predicted molar refractivity (Wildman–Crippen MR) is 135 cm³/mol. The molecular formula is C25H45N3O8. The number of amides is 3. The molecule has 0 heterocycles. The van der Waals surface area contributed by atoms with Crippen LogP contribution in [0.3, 0.4) is 0 Å². The van der Waals surface area contributed by atoms with E-state index >= 15 is 0 Å². The fraction of sp³-hybridized carbons (Fsp3) is 0.800. The number of nitrogens with one attached hydrogen (secondary N) is 3. The van der Waals surface area contributed by atoms with Crippen LogP contribution in [0, 0.1) is 0 Å². The summed E-state index contributed by atoms with van der Waals surface area (Å²) >= 11 is 0. The van der Waals surface area contributed by atoms with E-state index in [1.54, 1.807) is 0 Å². The summed E-state index contributed by atoms with van der Waals surface area (Å²) in [5.41, 5.74) is -1.82. The number of carbonyl (C=O) groups is 5. The van der Waals surface area contributed by atoms with Gasteiger partial charge in [-0.25, -0.2) is 9.59 Å².